The molecule has 156 valence electrons. The van der Waals surface area contributed by atoms with E-state index in [1.165, 1.54) is 18.2 Å². The highest BCUT2D eigenvalue weighted by Crippen LogP contribution is 2.26. The summed E-state index contributed by atoms with van der Waals surface area (Å²) in [6.45, 7) is 1.78. The lowest BCUT2D eigenvalue weighted by molar-refractivity contribution is -0.394. The Balaban J connectivity index is 1.64. The zero-order valence-corrected chi connectivity index (χ0v) is 15.7. The largest absolute Gasteiger partial charge is 0.368 e. The Hall–Kier alpha value is -4.09. The van der Waals surface area contributed by atoms with Crippen LogP contribution in [-0.2, 0) is 11.2 Å². The second-order valence-corrected chi connectivity index (χ2v) is 6.65. The first-order valence-electron chi connectivity index (χ1n) is 8.95. The zero-order valence-electron chi connectivity index (χ0n) is 15.7. The van der Waals surface area contributed by atoms with E-state index >= 15 is 0 Å². The molecule has 30 heavy (non-hydrogen) atoms. The zero-order chi connectivity index (χ0) is 21.8. The number of nitrogens with zero attached hydrogens (tertiary/aromatic N) is 5. The van der Waals surface area contributed by atoms with Crippen molar-refractivity contribution in [3.8, 4) is 0 Å². The Morgan fingerprint density at radius 2 is 1.37 bits per heavy atom. The molecule has 0 N–H and O–H groups in total. The van der Waals surface area contributed by atoms with Crippen LogP contribution < -0.4 is 4.90 Å². The van der Waals surface area contributed by atoms with Crippen LogP contribution in [0.4, 0.5) is 22.7 Å². The Kier molecular flexibility index (Phi) is 5.85. The molecule has 0 saturated carbocycles. The van der Waals surface area contributed by atoms with Crippen LogP contribution in [0.5, 0.6) is 0 Å². The number of amides is 1. The molecular formula is C18H17N5O7. The smallest absolute Gasteiger partial charge is 0.279 e. The minimum Gasteiger partial charge on any atom is -0.368 e. The third kappa shape index (κ3) is 4.48. The van der Waals surface area contributed by atoms with Crippen molar-refractivity contribution in [2.75, 3.05) is 31.1 Å². The number of piperazine rings is 1. The number of nitro benzene ring substituents is 3. The van der Waals surface area contributed by atoms with Crippen LogP contribution in [0.25, 0.3) is 0 Å². The summed E-state index contributed by atoms with van der Waals surface area (Å²) < 4.78 is 0. The standard InChI is InChI=1S/C18H17N5O7/c24-18(11-13-1-2-16(22(27)28)12-17(13)23(29)30)20-9-7-19(8-10-20)14-3-5-15(6-4-14)21(25)26/h1-6,12H,7-11H2. The molecule has 1 saturated heterocycles. The number of carbonyl (C=O) groups is 1. The summed E-state index contributed by atoms with van der Waals surface area (Å²) >= 11 is 0. The van der Waals surface area contributed by atoms with Gasteiger partial charge in [-0.2, -0.15) is 0 Å². The van der Waals surface area contributed by atoms with Gasteiger partial charge in [-0.3, -0.25) is 35.1 Å². The van der Waals surface area contributed by atoms with Crippen molar-refractivity contribution in [2.45, 2.75) is 6.42 Å². The minimum atomic E-state index is -0.734. The van der Waals surface area contributed by atoms with Gasteiger partial charge in [0.1, 0.15) is 0 Å². The van der Waals surface area contributed by atoms with E-state index in [1.807, 2.05) is 4.90 Å². The molecule has 0 spiro atoms. The average Bonchev–Trinajstić information content (AvgIpc) is 2.73. The quantitative estimate of drug-likeness (QED) is 0.514. The molecule has 2 aromatic carbocycles. The fourth-order valence-electron chi connectivity index (χ4n) is 3.26. The fraction of sp³-hybridized carbons (Fsp3) is 0.278. The van der Waals surface area contributed by atoms with Gasteiger partial charge in [-0.15, -0.1) is 0 Å². The highest BCUT2D eigenvalue weighted by Gasteiger charge is 2.26. The molecule has 12 nitrogen and oxygen atoms in total. The van der Waals surface area contributed by atoms with E-state index in [9.17, 15) is 35.1 Å². The summed E-state index contributed by atoms with van der Waals surface area (Å²) in [5, 5.41) is 32.8. The maximum Gasteiger partial charge on any atom is 0.279 e. The van der Waals surface area contributed by atoms with E-state index in [0.717, 1.165) is 17.8 Å². The van der Waals surface area contributed by atoms with Crippen molar-refractivity contribution < 1.29 is 19.6 Å². The van der Waals surface area contributed by atoms with E-state index in [2.05, 4.69) is 0 Å². The van der Waals surface area contributed by atoms with Crippen LogP contribution in [0.3, 0.4) is 0 Å². The molecule has 12 heteroatoms. The minimum absolute atomic E-state index is 0.00254. The van der Waals surface area contributed by atoms with Crippen LogP contribution in [-0.4, -0.2) is 51.8 Å². The molecule has 0 unspecified atom stereocenters. The van der Waals surface area contributed by atoms with E-state index in [0.29, 0.717) is 26.2 Å². The number of carbonyl (C=O) groups excluding carboxylic acids is 1. The van der Waals surface area contributed by atoms with Crippen LogP contribution >= 0.6 is 0 Å². The highest BCUT2D eigenvalue weighted by atomic mass is 16.6. The molecule has 1 amide bonds. The van der Waals surface area contributed by atoms with Crippen LogP contribution in [0.1, 0.15) is 5.56 Å². The van der Waals surface area contributed by atoms with Crippen molar-refractivity contribution in [3.05, 3.63) is 78.4 Å². The first kappa shape index (κ1) is 20.6. The van der Waals surface area contributed by atoms with E-state index in [4.69, 9.17) is 0 Å². The Labute approximate surface area is 169 Å². The number of non-ortho nitro benzene ring substituents is 2. The maximum absolute atomic E-state index is 12.6. The van der Waals surface area contributed by atoms with Gasteiger partial charge in [0.25, 0.3) is 17.1 Å². The number of hydrogen-bond donors (Lipinski definition) is 0. The maximum atomic E-state index is 12.6. The summed E-state index contributed by atoms with van der Waals surface area (Å²) in [6.07, 6.45) is -0.230. The van der Waals surface area contributed by atoms with Crippen molar-refractivity contribution in [2.24, 2.45) is 0 Å². The van der Waals surface area contributed by atoms with Gasteiger partial charge in [-0.05, 0) is 18.2 Å². The molecule has 0 aliphatic carbocycles. The predicted molar refractivity (Wildman–Crippen MR) is 105 cm³/mol. The molecule has 0 radical (unpaired) electrons. The molecular weight excluding hydrogens is 398 g/mol. The lowest BCUT2D eigenvalue weighted by Crippen LogP contribution is -2.49. The summed E-state index contributed by atoms with van der Waals surface area (Å²) in [7, 11) is 0. The average molecular weight is 415 g/mol. The van der Waals surface area contributed by atoms with E-state index in [1.54, 1.807) is 17.0 Å². The number of rotatable bonds is 6. The molecule has 3 rings (SSSR count). The molecule has 1 heterocycles. The molecule has 1 aliphatic rings. The molecule has 1 fully saturated rings. The Morgan fingerprint density at radius 1 is 0.800 bits per heavy atom. The van der Waals surface area contributed by atoms with Crippen LogP contribution in [0, 0.1) is 30.3 Å². The van der Waals surface area contributed by atoms with Crippen LogP contribution in [0.2, 0.25) is 0 Å². The lowest BCUT2D eigenvalue weighted by Gasteiger charge is -2.36. The summed E-state index contributed by atoms with van der Waals surface area (Å²) in [6, 6.07) is 9.37. The van der Waals surface area contributed by atoms with Gasteiger partial charge in [0.15, 0.2) is 0 Å². The number of nitro groups is 3. The molecule has 0 atom stereocenters. The second-order valence-electron chi connectivity index (χ2n) is 6.65. The monoisotopic (exact) mass is 415 g/mol. The number of benzene rings is 2. The normalized spacial score (nSPS) is 13.7. The first-order chi connectivity index (χ1) is 14.3. The van der Waals surface area contributed by atoms with Gasteiger partial charge < -0.3 is 9.80 Å². The van der Waals surface area contributed by atoms with Crippen LogP contribution in [0.15, 0.2) is 42.5 Å². The van der Waals surface area contributed by atoms with Gasteiger partial charge in [0.2, 0.25) is 5.91 Å². The molecule has 2 aromatic rings. The summed E-state index contributed by atoms with van der Waals surface area (Å²) in [4.78, 5) is 47.0. The third-order valence-corrected chi connectivity index (χ3v) is 4.88. The number of anilines is 1. The SMILES string of the molecule is O=C(Cc1ccc([N+](=O)[O-])cc1[N+](=O)[O-])N1CCN(c2ccc([N+](=O)[O-])cc2)CC1. The van der Waals surface area contributed by atoms with Gasteiger partial charge in [0.05, 0.1) is 27.3 Å². The van der Waals surface area contributed by atoms with Gasteiger partial charge in [-0.25, -0.2) is 0 Å². The first-order valence-corrected chi connectivity index (χ1v) is 8.95. The second kappa shape index (κ2) is 8.51. The molecule has 0 aromatic heterocycles. The van der Waals surface area contributed by atoms with Gasteiger partial charge in [0, 0.05) is 55.6 Å². The predicted octanol–water partition coefficient (Wildman–Crippen LogP) is 2.30. The van der Waals surface area contributed by atoms with Crippen molar-refractivity contribution in [1.29, 1.82) is 0 Å². The fourth-order valence-corrected chi connectivity index (χ4v) is 3.26. The Bertz CT molecular complexity index is 1000. The van der Waals surface area contributed by atoms with Crippen molar-refractivity contribution in [3.63, 3.8) is 0 Å². The van der Waals surface area contributed by atoms with Crippen molar-refractivity contribution in [1.82, 2.24) is 4.90 Å². The molecule has 1 aliphatic heterocycles. The van der Waals surface area contributed by atoms with E-state index < -0.39 is 26.1 Å². The third-order valence-electron chi connectivity index (χ3n) is 4.88. The van der Waals surface area contributed by atoms with Gasteiger partial charge in [-0.1, -0.05) is 0 Å². The lowest BCUT2D eigenvalue weighted by atomic mass is 10.1. The topological polar surface area (TPSA) is 153 Å². The van der Waals surface area contributed by atoms with E-state index in [-0.39, 0.29) is 23.6 Å². The summed E-state index contributed by atoms with van der Waals surface area (Å²) in [5.41, 5.74) is 0.0565. The number of hydrogen-bond acceptors (Lipinski definition) is 8. The highest BCUT2D eigenvalue weighted by molar-refractivity contribution is 5.80. The summed E-state index contributed by atoms with van der Waals surface area (Å²) in [5.74, 6) is -0.310. The van der Waals surface area contributed by atoms with Gasteiger partial charge >= 0.3 is 0 Å². The molecule has 0 bridgehead atoms. The Morgan fingerprint density at radius 3 is 1.90 bits per heavy atom. The van der Waals surface area contributed by atoms with Crippen molar-refractivity contribution >= 4 is 28.7 Å².